The summed E-state index contributed by atoms with van der Waals surface area (Å²) in [4.78, 5) is 79.7. The molecule has 2 saturated heterocycles. The van der Waals surface area contributed by atoms with Crippen LogP contribution in [0.3, 0.4) is 0 Å². The summed E-state index contributed by atoms with van der Waals surface area (Å²) < 4.78 is 33.7. The number of anilines is 1. The topological polar surface area (TPSA) is 180 Å². The fraction of sp³-hybridized carbons (Fsp3) is 0.424. The van der Waals surface area contributed by atoms with Gasteiger partial charge in [-0.1, -0.05) is 48.5 Å². The van der Waals surface area contributed by atoms with E-state index in [0.717, 1.165) is 18.9 Å². The van der Waals surface area contributed by atoms with E-state index in [9.17, 15) is 24.0 Å². The zero-order valence-electron chi connectivity index (χ0n) is 27.9. The number of guanidine groups is 1. The molecule has 2 aromatic carbocycles. The van der Waals surface area contributed by atoms with Crippen LogP contribution in [0.5, 0.6) is 0 Å². The minimum Gasteiger partial charge on any atom is -0.462 e. The molecule has 0 bridgehead atoms. The Bertz CT molecular complexity index is 1660. The Morgan fingerprint density at radius 3 is 2.08 bits per heavy atom. The number of ether oxygens (including phenoxy) is 6. The maximum Gasteiger partial charge on any atom is 0.432 e. The van der Waals surface area contributed by atoms with Crippen LogP contribution in [0.25, 0.3) is 0 Å². The van der Waals surface area contributed by atoms with Crippen LogP contribution in [0.4, 0.5) is 15.3 Å². The standard InChI is InChI=1S/C33H36N4O12S/c1-6-44-31(42)37-33(50-32(43)45-7-2,22-14-10-8-11-15-22)29(41)36-25-27(48-21(5)40)26(24(47-20(4)39)18-46-19(3)38)49-28(25)35(30(36)34-37)23-16-12-9-13-17-23/h8-17,24-28H,6-7,18H2,1-5H3/t24-,25-,26-,27-,28+,33?/m1/s1. The average molecular weight is 713 g/mol. The lowest BCUT2D eigenvalue weighted by Crippen LogP contribution is -2.64. The summed E-state index contributed by atoms with van der Waals surface area (Å²) in [6.45, 7) is 6.07. The van der Waals surface area contributed by atoms with Gasteiger partial charge < -0.3 is 28.4 Å². The highest BCUT2D eigenvalue weighted by Crippen LogP contribution is 2.51. The maximum absolute atomic E-state index is 15.4. The molecule has 50 heavy (non-hydrogen) atoms. The molecule has 16 nitrogen and oxygen atoms in total. The van der Waals surface area contributed by atoms with Gasteiger partial charge >= 0.3 is 29.3 Å². The van der Waals surface area contributed by atoms with Gasteiger partial charge in [0, 0.05) is 43.8 Å². The Hall–Kier alpha value is -5.16. The van der Waals surface area contributed by atoms with Crippen molar-refractivity contribution in [1.29, 1.82) is 0 Å². The molecular formula is C33H36N4O12S. The van der Waals surface area contributed by atoms with Gasteiger partial charge in [0.05, 0.1) is 13.2 Å². The lowest BCUT2D eigenvalue weighted by Gasteiger charge is -2.45. The van der Waals surface area contributed by atoms with Crippen LogP contribution in [-0.2, 0) is 52.5 Å². The minimum absolute atomic E-state index is 0.0288. The normalized spacial score (nSPS) is 24.4. The third-order valence-corrected chi connectivity index (χ3v) is 8.96. The van der Waals surface area contributed by atoms with Crippen molar-refractivity contribution in [2.75, 3.05) is 24.7 Å². The summed E-state index contributed by atoms with van der Waals surface area (Å²) in [5, 5.41) is 4.61. The van der Waals surface area contributed by atoms with Crippen molar-refractivity contribution in [3.05, 3.63) is 66.2 Å². The zero-order valence-corrected chi connectivity index (χ0v) is 28.7. The number of para-hydroxylation sites is 1. The van der Waals surface area contributed by atoms with Crippen LogP contribution >= 0.6 is 11.8 Å². The second-order valence-corrected chi connectivity index (χ2v) is 12.2. The van der Waals surface area contributed by atoms with Crippen LogP contribution in [0.15, 0.2) is 65.8 Å². The van der Waals surface area contributed by atoms with E-state index in [4.69, 9.17) is 33.5 Å². The van der Waals surface area contributed by atoms with Gasteiger partial charge in [-0.25, -0.2) is 9.59 Å². The summed E-state index contributed by atoms with van der Waals surface area (Å²) in [5.74, 6) is -3.13. The predicted octanol–water partition coefficient (Wildman–Crippen LogP) is 3.34. The van der Waals surface area contributed by atoms with Crippen molar-refractivity contribution in [3.63, 3.8) is 0 Å². The summed E-state index contributed by atoms with van der Waals surface area (Å²) in [6.07, 6.45) is -6.12. The number of hydrazone groups is 1. The Morgan fingerprint density at radius 1 is 0.860 bits per heavy atom. The molecule has 6 atom stereocenters. The molecule has 1 unspecified atom stereocenters. The first kappa shape index (κ1) is 36.1. The molecule has 0 aromatic heterocycles. The molecule has 2 amide bonds. The fourth-order valence-corrected chi connectivity index (χ4v) is 7.09. The van der Waals surface area contributed by atoms with Gasteiger partial charge in [0.25, 0.3) is 5.91 Å². The van der Waals surface area contributed by atoms with Crippen LogP contribution in [0, 0.1) is 0 Å². The maximum atomic E-state index is 15.4. The van der Waals surface area contributed by atoms with Crippen molar-refractivity contribution in [1.82, 2.24) is 9.91 Å². The first-order valence-electron chi connectivity index (χ1n) is 15.7. The number of carbonyl (C=O) groups is 6. The number of rotatable bonds is 10. The Morgan fingerprint density at radius 2 is 1.50 bits per heavy atom. The predicted molar refractivity (Wildman–Crippen MR) is 175 cm³/mol. The number of carbonyl (C=O) groups excluding carboxylic acids is 6. The quantitative estimate of drug-likeness (QED) is 0.259. The number of esters is 3. The van der Waals surface area contributed by atoms with Crippen molar-refractivity contribution < 1.29 is 57.2 Å². The van der Waals surface area contributed by atoms with Gasteiger partial charge in [0.1, 0.15) is 18.8 Å². The first-order chi connectivity index (χ1) is 23.9. The van der Waals surface area contributed by atoms with Crippen LogP contribution in [0.2, 0.25) is 0 Å². The van der Waals surface area contributed by atoms with E-state index in [1.165, 1.54) is 16.7 Å². The van der Waals surface area contributed by atoms with E-state index in [-0.39, 0.29) is 24.7 Å². The summed E-state index contributed by atoms with van der Waals surface area (Å²) in [5.41, 5.74) is 0.637. The van der Waals surface area contributed by atoms with E-state index in [0.29, 0.717) is 17.4 Å². The van der Waals surface area contributed by atoms with Gasteiger partial charge in [-0.05, 0) is 26.0 Å². The van der Waals surface area contributed by atoms with Crippen LogP contribution in [0.1, 0.15) is 40.2 Å². The number of amides is 2. The lowest BCUT2D eigenvalue weighted by atomic mass is 9.99. The minimum atomic E-state index is -2.23. The largest absolute Gasteiger partial charge is 0.462 e. The Kier molecular flexibility index (Phi) is 11.0. The van der Waals surface area contributed by atoms with E-state index in [1.54, 1.807) is 74.5 Å². The van der Waals surface area contributed by atoms with Crippen molar-refractivity contribution >= 4 is 58.6 Å². The fourth-order valence-electron chi connectivity index (χ4n) is 6.03. The number of benzene rings is 2. The van der Waals surface area contributed by atoms with Gasteiger partial charge in [0.15, 0.2) is 18.4 Å². The summed E-state index contributed by atoms with van der Waals surface area (Å²) >= 11 is 0.410. The number of thioether (sulfide) groups is 1. The highest BCUT2D eigenvalue weighted by molar-refractivity contribution is 8.14. The molecular weight excluding hydrogens is 676 g/mol. The molecule has 3 heterocycles. The van der Waals surface area contributed by atoms with Crippen LogP contribution < -0.4 is 4.90 Å². The van der Waals surface area contributed by atoms with E-state index < -0.39 is 77.3 Å². The van der Waals surface area contributed by atoms with E-state index >= 15 is 4.79 Å². The highest BCUT2D eigenvalue weighted by atomic mass is 32.2. The zero-order chi connectivity index (χ0) is 36.2. The molecule has 0 aliphatic carbocycles. The average Bonchev–Trinajstić information content (AvgIpc) is 3.58. The van der Waals surface area contributed by atoms with Gasteiger partial charge in [-0.15, -0.1) is 5.10 Å². The molecule has 3 aliphatic rings. The van der Waals surface area contributed by atoms with Gasteiger partial charge in [-0.3, -0.25) is 29.0 Å². The third kappa shape index (κ3) is 6.82. The second kappa shape index (κ2) is 15.2. The third-order valence-electron chi connectivity index (χ3n) is 7.80. The summed E-state index contributed by atoms with van der Waals surface area (Å²) in [6, 6.07) is 15.4. The van der Waals surface area contributed by atoms with E-state index in [1.807, 2.05) is 0 Å². The number of fused-ring (bicyclic) bond motifs is 3. The lowest BCUT2D eigenvalue weighted by molar-refractivity contribution is -0.175. The second-order valence-electron chi connectivity index (χ2n) is 11.1. The molecule has 2 aromatic rings. The molecule has 0 spiro atoms. The Balaban J connectivity index is 1.77. The SMILES string of the molecule is CCOC(=O)SC1(c2ccccc2)C(=O)N2C(=NN1C(=O)OCC)N(c1ccccc1)[C@H]1O[C@H]([C@@H](COC(C)=O)OC(C)=O)[C@H](OC(C)=O)[C@H]12. The molecule has 5 rings (SSSR count). The van der Waals surface area contributed by atoms with Gasteiger partial charge in [-0.2, -0.15) is 5.01 Å². The molecule has 17 heteroatoms. The number of nitrogens with zero attached hydrogens (tertiary/aromatic N) is 4. The van der Waals surface area contributed by atoms with Crippen molar-refractivity contribution in [2.24, 2.45) is 5.10 Å². The smallest absolute Gasteiger partial charge is 0.432 e. The molecule has 266 valence electrons. The molecule has 3 aliphatic heterocycles. The first-order valence-corrected chi connectivity index (χ1v) is 16.5. The van der Waals surface area contributed by atoms with Crippen LogP contribution in [-0.4, -0.2) is 101 Å². The highest BCUT2D eigenvalue weighted by Gasteiger charge is 2.69. The van der Waals surface area contributed by atoms with Crippen molar-refractivity contribution in [3.8, 4) is 0 Å². The number of hydrogen-bond acceptors (Lipinski definition) is 15. The molecule has 0 N–H and O–H groups in total. The van der Waals surface area contributed by atoms with E-state index in [2.05, 4.69) is 0 Å². The van der Waals surface area contributed by atoms with Gasteiger partial charge in [0.2, 0.25) is 10.8 Å². The Labute approximate surface area is 291 Å². The molecule has 0 saturated carbocycles. The summed E-state index contributed by atoms with van der Waals surface area (Å²) in [7, 11) is 0. The number of hydrogen-bond donors (Lipinski definition) is 0. The monoisotopic (exact) mass is 712 g/mol. The van der Waals surface area contributed by atoms with Crippen molar-refractivity contribution in [2.45, 2.75) is 70.1 Å². The molecule has 0 radical (unpaired) electrons. The molecule has 2 fully saturated rings.